The summed E-state index contributed by atoms with van der Waals surface area (Å²) in [7, 11) is 0. The molecule has 0 spiro atoms. The number of nitrogens with zero attached hydrogens (tertiary/aromatic N) is 3. The molecule has 8 heteroatoms. The number of halogens is 1. The number of aryl methyl sites for hydroxylation is 1. The van der Waals surface area contributed by atoms with Crippen molar-refractivity contribution in [3.05, 3.63) is 59.4 Å². The molecular weight excluding hydrogens is 422 g/mol. The number of carbonyl (C=O) groups excluding carboxylic acids is 1. The first-order chi connectivity index (χ1) is 14.2. The van der Waals surface area contributed by atoms with Crippen molar-refractivity contribution in [2.24, 2.45) is 0 Å². The van der Waals surface area contributed by atoms with E-state index in [2.05, 4.69) is 36.1 Å². The Bertz CT molecular complexity index is 922. The smallest absolute Gasteiger partial charge is 0.295 e. The first-order valence-corrected chi connectivity index (χ1v) is 10.8. The first kappa shape index (κ1) is 22.5. The number of rotatable bonds is 7. The van der Waals surface area contributed by atoms with Crippen molar-refractivity contribution in [1.82, 2.24) is 9.88 Å². The van der Waals surface area contributed by atoms with Gasteiger partial charge in [-0.3, -0.25) is 14.6 Å². The molecule has 0 unspecified atom stereocenters. The minimum absolute atomic E-state index is 0. The largest absolute Gasteiger partial charge is 0.459 e. The molecule has 1 amide bonds. The molecular formula is C22H26ClN3O3S. The minimum Gasteiger partial charge on any atom is -0.459 e. The number of furan rings is 1. The van der Waals surface area contributed by atoms with Gasteiger partial charge in [0, 0.05) is 37.1 Å². The number of aromatic nitrogens is 1. The fraction of sp³-hybridized carbons (Fsp3) is 0.364. The molecule has 1 aliphatic heterocycles. The highest BCUT2D eigenvalue weighted by Gasteiger charge is 2.23. The van der Waals surface area contributed by atoms with Gasteiger partial charge < -0.3 is 9.15 Å². The van der Waals surface area contributed by atoms with Crippen LogP contribution < -0.4 is 4.90 Å². The molecule has 1 aliphatic rings. The van der Waals surface area contributed by atoms with Crippen molar-refractivity contribution < 1.29 is 13.9 Å². The predicted octanol–water partition coefficient (Wildman–Crippen LogP) is 4.50. The fourth-order valence-corrected chi connectivity index (χ4v) is 4.20. The van der Waals surface area contributed by atoms with E-state index in [0.29, 0.717) is 17.4 Å². The van der Waals surface area contributed by atoms with E-state index >= 15 is 0 Å². The van der Waals surface area contributed by atoms with Crippen molar-refractivity contribution in [3.63, 3.8) is 0 Å². The maximum Gasteiger partial charge on any atom is 0.295 e. The van der Waals surface area contributed by atoms with Gasteiger partial charge in [-0.1, -0.05) is 29.8 Å². The Hall–Kier alpha value is -2.19. The van der Waals surface area contributed by atoms with Crippen LogP contribution >= 0.6 is 23.7 Å². The number of morpholine rings is 1. The number of carbonyl (C=O) groups is 1. The average Bonchev–Trinajstić information content (AvgIpc) is 3.45. The number of amides is 1. The molecule has 1 fully saturated rings. The summed E-state index contributed by atoms with van der Waals surface area (Å²) < 4.78 is 10.8. The average molecular weight is 448 g/mol. The van der Waals surface area contributed by atoms with Crippen molar-refractivity contribution in [2.45, 2.75) is 13.3 Å². The third kappa shape index (κ3) is 5.49. The van der Waals surface area contributed by atoms with Gasteiger partial charge in [0.1, 0.15) is 0 Å². The SMILES string of the molecule is Cc1ccc(-c2csc(N(CCCN3CCOCC3)C(=O)c3ccco3)n2)cc1.Cl. The van der Waals surface area contributed by atoms with Crippen LogP contribution in [0.3, 0.4) is 0 Å². The Morgan fingerprint density at radius 3 is 2.67 bits per heavy atom. The van der Waals surface area contributed by atoms with E-state index in [1.165, 1.54) is 23.2 Å². The Balaban J connectivity index is 0.00000256. The van der Waals surface area contributed by atoms with E-state index in [0.717, 1.165) is 50.5 Å². The lowest BCUT2D eigenvalue weighted by atomic mass is 10.1. The molecule has 1 saturated heterocycles. The molecule has 0 radical (unpaired) electrons. The van der Waals surface area contributed by atoms with Crippen LogP contribution in [0.1, 0.15) is 22.5 Å². The third-order valence-electron chi connectivity index (χ3n) is 5.01. The van der Waals surface area contributed by atoms with Gasteiger partial charge in [-0.05, 0) is 25.5 Å². The van der Waals surface area contributed by atoms with Gasteiger partial charge in [-0.25, -0.2) is 4.98 Å². The van der Waals surface area contributed by atoms with Crippen molar-refractivity contribution in [3.8, 4) is 11.3 Å². The topological polar surface area (TPSA) is 58.8 Å². The number of anilines is 1. The summed E-state index contributed by atoms with van der Waals surface area (Å²) >= 11 is 1.49. The van der Waals surface area contributed by atoms with Crippen LogP contribution in [0.4, 0.5) is 5.13 Å². The number of hydrogen-bond donors (Lipinski definition) is 0. The molecule has 0 atom stereocenters. The van der Waals surface area contributed by atoms with Crippen molar-refractivity contribution >= 4 is 34.8 Å². The van der Waals surface area contributed by atoms with E-state index in [1.807, 2.05) is 5.38 Å². The molecule has 0 N–H and O–H groups in total. The standard InChI is InChI=1S/C22H25N3O3S.ClH/c1-17-5-7-18(8-6-17)19-16-29-22(23-19)25(21(26)20-4-2-13-28-20)10-3-9-24-11-14-27-15-12-24;/h2,4-8,13,16H,3,9-12,14-15H2,1H3;1H. The molecule has 30 heavy (non-hydrogen) atoms. The van der Waals surface area contributed by atoms with Gasteiger partial charge >= 0.3 is 0 Å². The van der Waals surface area contributed by atoms with Crippen LogP contribution in [-0.4, -0.2) is 55.2 Å². The maximum absolute atomic E-state index is 13.0. The normalized spacial score (nSPS) is 14.3. The molecule has 160 valence electrons. The summed E-state index contributed by atoms with van der Waals surface area (Å²) in [5, 5.41) is 2.70. The van der Waals surface area contributed by atoms with Crippen LogP contribution in [0.15, 0.2) is 52.5 Å². The third-order valence-corrected chi connectivity index (χ3v) is 5.87. The highest BCUT2D eigenvalue weighted by Crippen LogP contribution is 2.29. The molecule has 3 aromatic rings. The lowest BCUT2D eigenvalue weighted by Crippen LogP contribution is -2.39. The Labute approximate surface area is 186 Å². The fourth-order valence-electron chi connectivity index (χ4n) is 3.34. The summed E-state index contributed by atoms with van der Waals surface area (Å²) in [6, 6.07) is 11.7. The first-order valence-electron chi connectivity index (χ1n) is 9.89. The summed E-state index contributed by atoms with van der Waals surface area (Å²) in [6.07, 6.45) is 2.39. The molecule has 0 saturated carbocycles. The summed E-state index contributed by atoms with van der Waals surface area (Å²) in [6.45, 7) is 7.04. The van der Waals surface area contributed by atoms with Gasteiger partial charge in [-0.15, -0.1) is 23.7 Å². The Morgan fingerprint density at radius 1 is 1.20 bits per heavy atom. The van der Waals surface area contributed by atoms with E-state index < -0.39 is 0 Å². The maximum atomic E-state index is 13.0. The highest BCUT2D eigenvalue weighted by atomic mass is 35.5. The van der Waals surface area contributed by atoms with E-state index in [1.54, 1.807) is 17.0 Å². The Kier molecular flexibility index (Phi) is 8.04. The zero-order valence-corrected chi connectivity index (χ0v) is 18.6. The lowest BCUT2D eigenvalue weighted by molar-refractivity contribution is 0.0376. The molecule has 4 rings (SSSR count). The number of hydrogen-bond acceptors (Lipinski definition) is 6. The zero-order chi connectivity index (χ0) is 20.1. The van der Waals surface area contributed by atoms with E-state index in [-0.39, 0.29) is 18.3 Å². The van der Waals surface area contributed by atoms with Gasteiger partial charge in [0.25, 0.3) is 5.91 Å². The second-order valence-electron chi connectivity index (χ2n) is 7.12. The summed E-state index contributed by atoms with van der Waals surface area (Å²) in [5.74, 6) is 0.185. The molecule has 2 aromatic heterocycles. The van der Waals surface area contributed by atoms with Crippen LogP contribution in [0.2, 0.25) is 0 Å². The summed E-state index contributed by atoms with van der Waals surface area (Å²) in [4.78, 5) is 21.9. The molecule has 0 bridgehead atoms. The van der Waals surface area contributed by atoms with Crippen molar-refractivity contribution in [1.29, 1.82) is 0 Å². The van der Waals surface area contributed by atoms with Crippen LogP contribution in [0, 0.1) is 6.92 Å². The van der Waals surface area contributed by atoms with Gasteiger partial charge in [0.05, 0.1) is 25.2 Å². The Morgan fingerprint density at radius 2 is 1.97 bits per heavy atom. The molecule has 0 aliphatic carbocycles. The summed E-state index contributed by atoms with van der Waals surface area (Å²) in [5.41, 5.74) is 3.15. The zero-order valence-electron chi connectivity index (χ0n) is 17.0. The van der Waals surface area contributed by atoms with Crippen LogP contribution in [0.5, 0.6) is 0 Å². The predicted molar refractivity (Wildman–Crippen MR) is 122 cm³/mol. The van der Waals surface area contributed by atoms with Crippen LogP contribution in [0.25, 0.3) is 11.3 Å². The number of benzene rings is 1. The second kappa shape index (κ2) is 10.7. The highest BCUT2D eigenvalue weighted by molar-refractivity contribution is 7.14. The lowest BCUT2D eigenvalue weighted by Gasteiger charge is -2.27. The molecule has 3 heterocycles. The van der Waals surface area contributed by atoms with E-state index in [9.17, 15) is 4.79 Å². The van der Waals surface area contributed by atoms with Gasteiger partial charge in [-0.2, -0.15) is 0 Å². The quantitative estimate of drug-likeness (QED) is 0.533. The second-order valence-corrected chi connectivity index (χ2v) is 7.96. The van der Waals surface area contributed by atoms with Crippen molar-refractivity contribution in [2.75, 3.05) is 44.3 Å². The van der Waals surface area contributed by atoms with Gasteiger partial charge in [0.2, 0.25) is 0 Å². The van der Waals surface area contributed by atoms with Crippen LogP contribution in [-0.2, 0) is 4.74 Å². The van der Waals surface area contributed by atoms with E-state index in [4.69, 9.17) is 14.1 Å². The molecule has 1 aromatic carbocycles. The monoisotopic (exact) mass is 447 g/mol. The number of ether oxygens (including phenoxy) is 1. The van der Waals surface area contributed by atoms with Gasteiger partial charge in [0.15, 0.2) is 10.9 Å². The number of thiazole rings is 1. The molecule has 6 nitrogen and oxygen atoms in total. The minimum atomic E-state index is -0.151.